The lowest BCUT2D eigenvalue weighted by Gasteiger charge is -2.26. The molecule has 3 atom stereocenters. The SMILES string of the molecule is CCOP(=S)(C[C@H]1CC(OC(C)=O)O[C@@H]1COC(=O)c1ccccc1)OCC. The van der Waals surface area contributed by atoms with Crippen LogP contribution >= 0.6 is 6.49 Å². The van der Waals surface area contributed by atoms with Gasteiger partial charge in [0.05, 0.1) is 24.9 Å². The highest BCUT2D eigenvalue weighted by molar-refractivity contribution is 8.09. The topological polar surface area (TPSA) is 80.3 Å². The predicted molar refractivity (Wildman–Crippen MR) is 108 cm³/mol. The van der Waals surface area contributed by atoms with Gasteiger partial charge in [0.1, 0.15) is 6.61 Å². The van der Waals surface area contributed by atoms with E-state index in [4.69, 9.17) is 35.1 Å². The molecule has 1 unspecified atom stereocenters. The maximum atomic E-state index is 12.2. The van der Waals surface area contributed by atoms with Crippen molar-refractivity contribution >= 4 is 30.2 Å². The Balaban J connectivity index is 2.05. The quantitative estimate of drug-likeness (QED) is 0.412. The molecule has 0 N–H and O–H groups in total. The molecule has 156 valence electrons. The van der Waals surface area contributed by atoms with Gasteiger partial charge in [0.15, 0.2) is 6.49 Å². The highest BCUT2D eigenvalue weighted by Crippen LogP contribution is 2.52. The molecule has 1 fully saturated rings. The van der Waals surface area contributed by atoms with E-state index in [-0.39, 0.29) is 12.5 Å². The summed E-state index contributed by atoms with van der Waals surface area (Å²) in [7, 11) is 0. The minimum absolute atomic E-state index is 0.0315. The molecule has 2 rings (SSSR count). The van der Waals surface area contributed by atoms with Gasteiger partial charge in [0.2, 0.25) is 6.29 Å². The lowest BCUT2D eigenvalue weighted by Crippen LogP contribution is -2.27. The Morgan fingerprint density at radius 2 is 1.82 bits per heavy atom. The number of hydrogen-bond acceptors (Lipinski definition) is 8. The van der Waals surface area contributed by atoms with Crippen LogP contribution in [0.2, 0.25) is 0 Å². The van der Waals surface area contributed by atoms with Crippen molar-refractivity contribution in [2.75, 3.05) is 26.0 Å². The minimum Gasteiger partial charge on any atom is -0.459 e. The zero-order valence-corrected chi connectivity index (χ0v) is 18.1. The number of hydrogen-bond donors (Lipinski definition) is 0. The first-order chi connectivity index (χ1) is 13.4. The van der Waals surface area contributed by atoms with E-state index in [2.05, 4.69) is 0 Å². The van der Waals surface area contributed by atoms with Crippen LogP contribution in [0.25, 0.3) is 0 Å². The second kappa shape index (κ2) is 11.0. The largest absolute Gasteiger partial charge is 0.459 e. The van der Waals surface area contributed by atoms with Crippen LogP contribution in [0.3, 0.4) is 0 Å². The van der Waals surface area contributed by atoms with E-state index in [0.717, 1.165) is 0 Å². The number of esters is 2. The van der Waals surface area contributed by atoms with Gasteiger partial charge in [-0.15, -0.1) is 0 Å². The Kier molecular flexibility index (Phi) is 9.05. The molecule has 0 aromatic heterocycles. The van der Waals surface area contributed by atoms with Gasteiger partial charge in [-0.05, 0) is 37.8 Å². The molecular formula is C19H27O7PS. The Morgan fingerprint density at radius 1 is 1.18 bits per heavy atom. The van der Waals surface area contributed by atoms with E-state index in [1.165, 1.54) is 6.92 Å². The van der Waals surface area contributed by atoms with Gasteiger partial charge in [0, 0.05) is 25.4 Å². The van der Waals surface area contributed by atoms with Crippen molar-refractivity contribution in [1.82, 2.24) is 0 Å². The second-order valence-corrected chi connectivity index (χ2v) is 10.1. The molecule has 1 aromatic carbocycles. The summed E-state index contributed by atoms with van der Waals surface area (Å²) in [4.78, 5) is 23.5. The zero-order chi connectivity index (χ0) is 20.6. The van der Waals surface area contributed by atoms with E-state index in [1.54, 1.807) is 24.3 Å². The smallest absolute Gasteiger partial charge is 0.338 e. The maximum Gasteiger partial charge on any atom is 0.338 e. The summed E-state index contributed by atoms with van der Waals surface area (Å²) in [5.41, 5.74) is 0.460. The molecule has 1 heterocycles. The second-order valence-electron chi connectivity index (χ2n) is 6.30. The Bertz CT molecular complexity index is 687. The molecule has 1 aromatic rings. The standard InChI is InChI=1S/C19H27O7PS/c1-4-23-27(28,24-5-2)13-16-11-18(25-14(3)20)26-17(16)12-22-19(21)15-9-7-6-8-10-15/h6-10,16-18H,4-5,11-13H2,1-3H3/t16-,17-,18?/m1/s1. The Hall–Kier alpha value is -1.31. The minimum atomic E-state index is -2.50. The summed E-state index contributed by atoms with van der Waals surface area (Å²) in [5, 5.41) is 0. The Morgan fingerprint density at radius 3 is 2.39 bits per heavy atom. The lowest BCUT2D eigenvalue weighted by molar-refractivity contribution is -0.175. The third-order valence-electron chi connectivity index (χ3n) is 4.14. The van der Waals surface area contributed by atoms with E-state index < -0.39 is 30.8 Å². The first-order valence-electron chi connectivity index (χ1n) is 9.29. The zero-order valence-electron chi connectivity index (χ0n) is 16.4. The molecule has 28 heavy (non-hydrogen) atoms. The van der Waals surface area contributed by atoms with E-state index in [0.29, 0.717) is 31.4 Å². The van der Waals surface area contributed by atoms with Crippen molar-refractivity contribution in [2.24, 2.45) is 5.92 Å². The molecule has 0 radical (unpaired) electrons. The van der Waals surface area contributed by atoms with Crippen molar-refractivity contribution in [3.05, 3.63) is 35.9 Å². The van der Waals surface area contributed by atoms with Crippen molar-refractivity contribution in [2.45, 2.75) is 39.6 Å². The average Bonchev–Trinajstić information content (AvgIpc) is 3.00. The predicted octanol–water partition coefficient (Wildman–Crippen LogP) is 3.52. The molecular weight excluding hydrogens is 403 g/mol. The van der Waals surface area contributed by atoms with Crippen molar-refractivity contribution in [3.63, 3.8) is 0 Å². The molecule has 0 amide bonds. The molecule has 7 nitrogen and oxygen atoms in total. The van der Waals surface area contributed by atoms with Crippen LogP contribution in [0.4, 0.5) is 0 Å². The summed E-state index contributed by atoms with van der Waals surface area (Å²) in [6.07, 6.45) is -0.254. The van der Waals surface area contributed by atoms with Gasteiger partial charge in [-0.3, -0.25) is 4.79 Å². The molecule has 1 aliphatic heterocycles. The van der Waals surface area contributed by atoms with Crippen LogP contribution in [-0.4, -0.2) is 50.3 Å². The van der Waals surface area contributed by atoms with E-state index in [1.807, 2.05) is 19.9 Å². The number of benzene rings is 1. The number of carbonyl (C=O) groups excluding carboxylic acids is 2. The number of ether oxygens (including phenoxy) is 3. The molecule has 1 saturated heterocycles. The van der Waals surface area contributed by atoms with Gasteiger partial charge in [-0.25, -0.2) is 4.79 Å². The van der Waals surface area contributed by atoms with Gasteiger partial charge in [-0.2, -0.15) is 0 Å². The van der Waals surface area contributed by atoms with Crippen LogP contribution < -0.4 is 0 Å². The van der Waals surface area contributed by atoms with Crippen molar-refractivity contribution in [1.29, 1.82) is 0 Å². The fourth-order valence-electron chi connectivity index (χ4n) is 3.03. The highest BCUT2D eigenvalue weighted by Gasteiger charge is 2.41. The fraction of sp³-hybridized carbons (Fsp3) is 0.579. The molecule has 1 aliphatic rings. The van der Waals surface area contributed by atoms with Gasteiger partial charge in [-0.1, -0.05) is 18.2 Å². The third kappa shape index (κ3) is 6.94. The summed E-state index contributed by atoms with van der Waals surface area (Å²) in [5.74, 6) is -0.982. The van der Waals surface area contributed by atoms with Crippen molar-refractivity contribution < 1.29 is 32.8 Å². The normalized spacial score (nSPS) is 22.0. The summed E-state index contributed by atoms with van der Waals surface area (Å²) >= 11 is 5.62. The monoisotopic (exact) mass is 430 g/mol. The first kappa shape index (κ1) is 23.0. The first-order valence-corrected chi connectivity index (χ1v) is 12.1. The number of rotatable bonds is 10. The maximum absolute atomic E-state index is 12.2. The highest BCUT2D eigenvalue weighted by atomic mass is 32.5. The molecule has 0 bridgehead atoms. The van der Waals surface area contributed by atoms with Gasteiger partial charge in [0.25, 0.3) is 0 Å². The van der Waals surface area contributed by atoms with Gasteiger partial charge >= 0.3 is 11.9 Å². The fourth-order valence-corrected chi connectivity index (χ4v) is 6.27. The molecule has 0 saturated carbocycles. The average molecular weight is 430 g/mol. The molecule has 9 heteroatoms. The van der Waals surface area contributed by atoms with Crippen LogP contribution in [-0.2, 0) is 39.9 Å². The molecule has 0 aliphatic carbocycles. The Labute approximate surface area is 170 Å². The summed E-state index contributed by atoms with van der Waals surface area (Å²) in [6, 6.07) is 8.72. The van der Waals surface area contributed by atoms with Crippen LogP contribution in [0.15, 0.2) is 30.3 Å². The van der Waals surface area contributed by atoms with Crippen LogP contribution in [0, 0.1) is 5.92 Å². The number of carbonyl (C=O) groups is 2. The van der Waals surface area contributed by atoms with Gasteiger partial charge < -0.3 is 23.3 Å². The van der Waals surface area contributed by atoms with Crippen LogP contribution in [0.1, 0.15) is 37.6 Å². The molecule has 0 spiro atoms. The van der Waals surface area contributed by atoms with Crippen LogP contribution in [0.5, 0.6) is 0 Å². The summed E-state index contributed by atoms with van der Waals surface area (Å²) in [6.45, 7) is 3.49. The van der Waals surface area contributed by atoms with E-state index in [9.17, 15) is 9.59 Å². The van der Waals surface area contributed by atoms with E-state index >= 15 is 0 Å². The third-order valence-corrected chi connectivity index (χ3v) is 7.44. The van der Waals surface area contributed by atoms with Crippen molar-refractivity contribution in [3.8, 4) is 0 Å². The summed E-state index contributed by atoms with van der Waals surface area (Å²) < 4.78 is 27.9. The lowest BCUT2D eigenvalue weighted by atomic mass is 10.0.